The largest absolute Gasteiger partial charge is 0.375 e. The summed E-state index contributed by atoms with van der Waals surface area (Å²) >= 11 is 0. The predicted octanol–water partition coefficient (Wildman–Crippen LogP) is 1.21. The molecule has 0 bridgehead atoms. The lowest BCUT2D eigenvalue weighted by Crippen LogP contribution is -2.34. The molecule has 0 aliphatic carbocycles. The van der Waals surface area contributed by atoms with Crippen molar-refractivity contribution in [3.63, 3.8) is 0 Å². The molecule has 1 saturated heterocycles. The van der Waals surface area contributed by atoms with E-state index in [9.17, 15) is 9.59 Å². The summed E-state index contributed by atoms with van der Waals surface area (Å²) in [5.41, 5.74) is 1.33. The van der Waals surface area contributed by atoms with Crippen LogP contribution in [0.4, 0.5) is 11.4 Å². The summed E-state index contributed by atoms with van der Waals surface area (Å²) in [5.74, 6) is -0.130. The minimum absolute atomic E-state index is 0.00562. The zero-order valence-corrected chi connectivity index (χ0v) is 12.1. The Morgan fingerprint density at radius 1 is 1.24 bits per heavy atom. The molecule has 1 aromatic rings. The number of nitrogens with one attached hydrogen (secondary N) is 3. The number of carbonyl (C=O) groups excluding carboxylic acids is 2. The Balaban J connectivity index is 1.93. The van der Waals surface area contributed by atoms with Gasteiger partial charge in [-0.1, -0.05) is 6.07 Å². The molecule has 114 valence electrons. The van der Waals surface area contributed by atoms with Crippen molar-refractivity contribution in [2.75, 3.05) is 37.4 Å². The Morgan fingerprint density at radius 3 is 2.57 bits per heavy atom. The van der Waals surface area contributed by atoms with Gasteiger partial charge in [-0.05, 0) is 44.1 Å². The summed E-state index contributed by atoms with van der Waals surface area (Å²) in [5, 5.41) is 8.86. The van der Waals surface area contributed by atoms with E-state index in [2.05, 4.69) is 16.0 Å². The Kier molecular flexibility index (Phi) is 5.71. The highest BCUT2D eigenvalue weighted by Gasteiger charge is 2.20. The van der Waals surface area contributed by atoms with Gasteiger partial charge in [0.05, 0.1) is 0 Å². The summed E-state index contributed by atoms with van der Waals surface area (Å²) in [6.45, 7) is 1.77. The van der Waals surface area contributed by atoms with Gasteiger partial charge in [0, 0.05) is 24.4 Å². The van der Waals surface area contributed by atoms with Gasteiger partial charge in [-0.2, -0.15) is 0 Å². The van der Waals surface area contributed by atoms with Gasteiger partial charge in [0.15, 0.2) is 0 Å². The SMILES string of the molecule is COCC(=O)Nc1cccc(NC(=O)C2CCNCC2)c1. The van der Waals surface area contributed by atoms with Gasteiger partial charge >= 0.3 is 0 Å². The maximum Gasteiger partial charge on any atom is 0.250 e. The minimum Gasteiger partial charge on any atom is -0.375 e. The number of rotatable bonds is 5. The van der Waals surface area contributed by atoms with Crippen molar-refractivity contribution in [1.29, 1.82) is 0 Å². The molecular formula is C15H21N3O3. The van der Waals surface area contributed by atoms with Crippen molar-refractivity contribution < 1.29 is 14.3 Å². The van der Waals surface area contributed by atoms with Crippen LogP contribution in [0.1, 0.15) is 12.8 Å². The fourth-order valence-corrected chi connectivity index (χ4v) is 2.33. The van der Waals surface area contributed by atoms with E-state index in [1.54, 1.807) is 18.2 Å². The number of carbonyl (C=O) groups is 2. The van der Waals surface area contributed by atoms with Crippen LogP contribution in [0.15, 0.2) is 24.3 Å². The second-order valence-corrected chi connectivity index (χ2v) is 5.08. The summed E-state index contributed by atoms with van der Waals surface area (Å²) < 4.78 is 4.76. The van der Waals surface area contributed by atoms with Crippen molar-refractivity contribution >= 4 is 23.2 Å². The zero-order chi connectivity index (χ0) is 15.1. The number of amides is 2. The Morgan fingerprint density at radius 2 is 1.90 bits per heavy atom. The first-order valence-electron chi connectivity index (χ1n) is 7.09. The van der Waals surface area contributed by atoms with Gasteiger partial charge in [0.2, 0.25) is 11.8 Å². The highest BCUT2D eigenvalue weighted by atomic mass is 16.5. The maximum atomic E-state index is 12.2. The van der Waals surface area contributed by atoms with Crippen LogP contribution in [0.5, 0.6) is 0 Å². The average Bonchev–Trinajstić information content (AvgIpc) is 2.48. The third-order valence-electron chi connectivity index (χ3n) is 3.40. The monoisotopic (exact) mass is 291 g/mol. The van der Waals surface area contributed by atoms with E-state index in [0.717, 1.165) is 25.9 Å². The molecule has 2 amide bonds. The van der Waals surface area contributed by atoms with Crippen LogP contribution in [0.25, 0.3) is 0 Å². The molecule has 0 saturated carbocycles. The average molecular weight is 291 g/mol. The molecule has 21 heavy (non-hydrogen) atoms. The smallest absolute Gasteiger partial charge is 0.250 e. The molecule has 0 atom stereocenters. The third kappa shape index (κ3) is 4.84. The first-order valence-corrected chi connectivity index (χ1v) is 7.09. The Bertz CT molecular complexity index is 499. The predicted molar refractivity (Wildman–Crippen MR) is 81.2 cm³/mol. The second kappa shape index (κ2) is 7.75. The summed E-state index contributed by atoms with van der Waals surface area (Å²) in [6, 6.07) is 7.12. The lowest BCUT2D eigenvalue weighted by molar-refractivity contribution is -0.121. The van der Waals surface area contributed by atoms with Crippen molar-refractivity contribution in [1.82, 2.24) is 5.32 Å². The molecular weight excluding hydrogens is 270 g/mol. The molecule has 1 heterocycles. The van der Waals surface area contributed by atoms with Crippen LogP contribution in [-0.2, 0) is 14.3 Å². The Hall–Kier alpha value is -1.92. The number of ether oxygens (including phenoxy) is 1. The molecule has 0 aromatic heterocycles. The molecule has 1 aromatic carbocycles. The molecule has 1 fully saturated rings. The maximum absolute atomic E-state index is 12.2. The molecule has 6 nitrogen and oxygen atoms in total. The van der Waals surface area contributed by atoms with E-state index in [-0.39, 0.29) is 24.3 Å². The summed E-state index contributed by atoms with van der Waals surface area (Å²) in [4.78, 5) is 23.6. The van der Waals surface area contributed by atoms with E-state index < -0.39 is 0 Å². The van der Waals surface area contributed by atoms with Crippen molar-refractivity contribution in [2.45, 2.75) is 12.8 Å². The lowest BCUT2D eigenvalue weighted by Gasteiger charge is -2.21. The van der Waals surface area contributed by atoms with Gasteiger partial charge < -0.3 is 20.7 Å². The van der Waals surface area contributed by atoms with Crippen LogP contribution >= 0.6 is 0 Å². The Labute approximate surface area is 124 Å². The summed E-state index contributed by atoms with van der Waals surface area (Å²) in [7, 11) is 1.47. The van der Waals surface area contributed by atoms with E-state index in [1.165, 1.54) is 7.11 Å². The number of methoxy groups -OCH3 is 1. The van der Waals surface area contributed by atoms with Crippen molar-refractivity contribution in [2.24, 2.45) is 5.92 Å². The van der Waals surface area contributed by atoms with Crippen LogP contribution in [0.2, 0.25) is 0 Å². The molecule has 0 spiro atoms. The normalized spacial score (nSPS) is 15.5. The third-order valence-corrected chi connectivity index (χ3v) is 3.40. The number of hydrogen-bond donors (Lipinski definition) is 3. The number of benzene rings is 1. The first kappa shape index (κ1) is 15.5. The molecule has 0 unspecified atom stereocenters. The van der Waals surface area contributed by atoms with Gasteiger partial charge in [0.1, 0.15) is 6.61 Å². The quantitative estimate of drug-likeness (QED) is 0.762. The number of hydrogen-bond acceptors (Lipinski definition) is 4. The lowest BCUT2D eigenvalue weighted by atomic mass is 9.97. The van der Waals surface area contributed by atoms with E-state index in [1.807, 2.05) is 6.07 Å². The highest BCUT2D eigenvalue weighted by molar-refractivity contribution is 5.95. The fourth-order valence-electron chi connectivity index (χ4n) is 2.33. The molecule has 1 aliphatic rings. The number of anilines is 2. The fraction of sp³-hybridized carbons (Fsp3) is 0.467. The van der Waals surface area contributed by atoms with Gasteiger partial charge in [0.25, 0.3) is 0 Å². The molecule has 3 N–H and O–H groups in total. The molecule has 0 radical (unpaired) electrons. The first-order chi connectivity index (χ1) is 10.2. The molecule has 6 heteroatoms. The minimum atomic E-state index is -0.223. The van der Waals surface area contributed by atoms with Crippen molar-refractivity contribution in [3.05, 3.63) is 24.3 Å². The highest BCUT2D eigenvalue weighted by Crippen LogP contribution is 2.18. The molecule has 1 aliphatic heterocycles. The van der Waals surface area contributed by atoms with Crippen LogP contribution in [0, 0.1) is 5.92 Å². The van der Waals surface area contributed by atoms with Crippen LogP contribution in [-0.4, -0.2) is 38.6 Å². The topological polar surface area (TPSA) is 79.5 Å². The van der Waals surface area contributed by atoms with Gasteiger partial charge in [-0.25, -0.2) is 0 Å². The van der Waals surface area contributed by atoms with Gasteiger partial charge in [-0.3, -0.25) is 9.59 Å². The van der Waals surface area contributed by atoms with E-state index >= 15 is 0 Å². The van der Waals surface area contributed by atoms with Gasteiger partial charge in [-0.15, -0.1) is 0 Å². The van der Waals surface area contributed by atoms with E-state index in [4.69, 9.17) is 4.74 Å². The van der Waals surface area contributed by atoms with E-state index in [0.29, 0.717) is 11.4 Å². The van der Waals surface area contributed by atoms with Crippen molar-refractivity contribution in [3.8, 4) is 0 Å². The number of piperidine rings is 1. The van der Waals surface area contributed by atoms with Crippen LogP contribution < -0.4 is 16.0 Å². The standard InChI is InChI=1S/C15H21N3O3/c1-21-10-14(19)17-12-3-2-4-13(9-12)18-15(20)11-5-7-16-8-6-11/h2-4,9,11,16H,5-8,10H2,1H3,(H,17,19)(H,18,20). The summed E-state index contributed by atoms with van der Waals surface area (Å²) in [6.07, 6.45) is 1.71. The molecule has 2 rings (SSSR count). The second-order valence-electron chi connectivity index (χ2n) is 5.08. The van der Waals surface area contributed by atoms with Crippen LogP contribution in [0.3, 0.4) is 0 Å². The zero-order valence-electron chi connectivity index (χ0n) is 12.1.